The highest BCUT2D eigenvalue weighted by Crippen LogP contribution is 2.13. The van der Waals surface area contributed by atoms with Crippen LogP contribution in [0, 0.1) is 0 Å². The molecule has 0 radical (unpaired) electrons. The third-order valence-electron chi connectivity index (χ3n) is 3.32. The van der Waals surface area contributed by atoms with Gasteiger partial charge in [-0.15, -0.1) is 10.2 Å². The largest absolute Gasteiger partial charge is 0.380 e. The van der Waals surface area contributed by atoms with Crippen LogP contribution in [0.5, 0.6) is 0 Å². The van der Waals surface area contributed by atoms with Gasteiger partial charge in [0.1, 0.15) is 0 Å². The number of methoxy groups -OCH3 is 1. The lowest BCUT2D eigenvalue weighted by Gasteiger charge is -2.23. The molecule has 2 aromatic heterocycles. The van der Waals surface area contributed by atoms with E-state index in [4.69, 9.17) is 4.74 Å². The number of rotatable bonds is 5. The van der Waals surface area contributed by atoms with Crippen LogP contribution < -0.4 is 5.32 Å². The highest BCUT2D eigenvalue weighted by Gasteiger charge is 2.18. The Hall–Kier alpha value is -1.46. The molecule has 3 atom stereocenters. The number of pyridine rings is 1. The summed E-state index contributed by atoms with van der Waals surface area (Å²) in [6.45, 7) is 6.24. The molecule has 2 aromatic rings. The third kappa shape index (κ3) is 2.52. The molecule has 2 heterocycles. The number of nitrogens with zero attached hydrogens (tertiary/aromatic N) is 3. The zero-order valence-corrected chi connectivity index (χ0v) is 11.3. The molecule has 0 spiro atoms. The molecule has 98 valence electrons. The summed E-state index contributed by atoms with van der Waals surface area (Å²) < 4.78 is 7.31. The number of nitrogens with one attached hydrogen (secondary N) is 1. The van der Waals surface area contributed by atoms with E-state index in [0.717, 1.165) is 11.5 Å². The summed E-state index contributed by atoms with van der Waals surface area (Å²) in [5.74, 6) is 0.917. The summed E-state index contributed by atoms with van der Waals surface area (Å²) in [6, 6.07) is 6.26. The number of aromatic nitrogens is 3. The number of hydrogen-bond acceptors (Lipinski definition) is 4. The van der Waals surface area contributed by atoms with Crippen molar-refractivity contribution in [2.75, 3.05) is 7.11 Å². The Morgan fingerprint density at radius 1 is 1.22 bits per heavy atom. The van der Waals surface area contributed by atoms with E-state index in [1.165, 1.54) is 0 Å². The summed E-state index contributed by atoms with van der Waals surface area (Å²) in [4.78, 5) is 0. The van der Waals surface area contributed by atoms with Crippen LogP contribution in [-0.4, -0.2) is 33.9 Å². The fraction of sp³-hybridized carbons (Fsp3) is 0.538. The van der Waals surface area contributed by atoms with E-state index in [1.807, 2.05) is 35.7 Å². The summed E-state index contributed by atoms with van der Waals surface area (Å²) in [7, 11) is 1.72. The minimum absolute atomic E-state index is 0.120. The molecule has 0 aliphatic rings. The molecule has 18 heavy (non-hydrogen) atoms. The maximum atomic E-state index is 5.31. The van der Waals surface area contributed by atoms with E-state index in [2.05, 4.69) is 29.4 Å². The molecule has 0 fully saturated rings. The van der Waals surface area contributed by atoms with E-state index < -0.39 is 0 Å². The molecule has 5 heteroatoms. The number of fused-ring (bicyclic) bond motifs is 1. The van der Waals surface area contributed by atoms with E-state index >= 15 is 0 Å². The van der Waals surface area contributed by atoms with Crippen LogP contribution in [0.1, 0.15) is 32.6 Å². The minimum atomic E-state index is 0.120. The zero-order chi connectivity index (χ0) is 13.1. The Morgan fingerprint density at radius 2 is 2.00 bits per heavy atom. The molecular weight excluding hydrogens is 228 g/mol. The average Bonchev–Trinajstić information content (AvgIpc) is 2.81. The fourth-order valence-corrected chi connectivity index (χ4v) is 1.96. The Bertz CT molecular complexity index is 510. The van der Waals surface area contributed by atoms with Crippen molar-refractivity contribution < 1.29 is 4.74 Å². The highest BCUT2D eigenvalue weighted by molar-refractivity contribution is 5.37. The van der Waals surface area contributed by atoms with Gasteiger partial charge in [-0.25, -0.2) is 0 Å². The fourth-order valence-electron chi connectivity index (χ4n) is 1.96. The van der Waals surface area contributed by atoms with Crippen LogP contribution >= 0.6 is 0 Å². The van der Waals surface area contributed by atoms with Gasteiger partial charge in [0.05, 0.1) is 12.1 Å². The van der Waals surface area contributed by atoms with Crippen molar-refractivity contribution in [1.29, 1.82) is 0 Å². The summed E-state index contributed by atoms with van der Waals surface area (Å²) in [5, 5.41) is 11.9. The standard InChI is InChI=1S/C13H20N4O/c1-9(11(3)18-4)14-10(2)13-16-15-12-7-5-6-8-17(12)13/h5-11,14H,1-4H3. The molecule has 5 nitrogen and oxygen atoms in total. The molecule has 3 unspecified atom stereocenters. The van der Waals surface area contributed by atoms with Crippen molar-refractivity contribution >= 4 is 5.65 Å². The Labute approximate surface area is 107 Å². The molecule has 1 N–H and O–H groups in total. The number of ether oxygens (including phenoxy) is 1. The molecule has 0 aromatic carbocycles. The van der Waals surface area contributed by atoms with Crippen LogP contribution in [0.25, 0.3) is 5.65 Å². The van der Waals surface area contributed by atoms with Gasteiger partial charge in [-0.1, -0.05) is 6.07 Å². The van der Waals surface area contributed by atoms with Crippen LogP contribution in [0.15, 0.2) is 24.4 Å². The minimum Gasteiger partial charge on any atom is -0.380 e. The van der Waals surface area contributed by atoms with E-state index in [1.54, 1.807) is 7.11 Å². The molecule has 0 aliphatic carbocycles. The first-order valence-electron chi connectivity index (χ1n) is 6.22. The van der Waals surface area contributed by atoms with E-state index in [9.17, 15) is 0 Å². The van der Waals surface area contributed by atoms with Crippen molar-refractivity contribution in [3.05, 3.63) is 30.2 Å². The lowest BCUT2D eigenvalue weighted by Crippen LogP contribution is -2.38. The van der Waals surface area contributed by atoms with Gasteiger partial charge in [-0.3, -0.25) is 4.40 Å². The smallest absolute Gasteiger partial charge is 0.160 e. The Morgan fingerprint density at radius 3 is 2.72 bits per heavy atom. The van der Waals surface area contributed by atoms with Crippen LogP contribution in [0.3, 0.4) is 0 Å². The van der Waals surface area contributed by atoms with Crippen molar-refractivity contribution in [3.63, 3.8) is 0 Å². The van der Waals surface area contributed by atoms with E-state index in [-0.39, 0.29) is 18.2 Å². The first kappa shape index (κ1) is 13.0. The molecule has 2 rings (SSSR count). The van der Waals surface area contributed by atoms with Crippen LogP contribution in [0.2, 0.25) is 0 Å². The van der Waals surface area contributed by atoms with Gasteiger partial charge in [-0.05, 0) is 32.9 Å². The lowest BCUT2D eigenvalue weighted by atomic mass is 10.2. The molecular formula is C13H20N4O. The Balaban J connectivity index is 2.16. The normalized spacial score (nSPS) is 16.7. The van der Waals surface area contributed by atoms with Crippen molar-refractivity contribution in [3.8, 4) is 0 Å². The topological polar surface area (TPSA) is 51.5 Å². The third-order valence-corrected chi connectivity index (χ3v) is 3.32. The van der Waals surface area contributed by atoms with Gasteiger partial charge >= 0.3 is 0 Å². The van der Waals surface area contributed by atoms with Gasteiger partial charge in [0.25, 0.3) is 0 Å². The van der Waals surface area contributed by atoms with Crippen LogP contribution in [-0.2, 0) is 4.74 Å². The molecule has 0 saturated carbocycles. The second-order valence-corrected chi connectivity index (χ2v) is 4.60. The average molecular weight is 248 g/mol. The monoisotopic (exact) mass is 248 g/mol. The Kier molecular flexibility index (Phi) is 3.93. The van der Waals surface area contributed by atoms with Crippen molar-refractivity contribution in [2.24, 2.45) is 0 Å². The van der Waals surface area contributed by atoms with Gasteiger partial charge in [0.15, 0.2) is 11.5 Å². The lowest BCUT2D eigenvalue weighted by molar-refractivity contribution is 0.0847. The van der Waals surface area contributed by atoms with Gasteiger partial charge in [-0.2, -0.15) is 0 Å². The molecule has 0 aliphatic heterocycles. The number of hydrogen-bond donors (Lipinski definition) is 1. The second kappa shape index (κ2) is 5.46. The van der Waals surface area contributed by atoms with Gasteiger partial charge < -0.3 is 10.1 Å². The summed E-state index contributed by atoms with van der Waals surface area (Å²) in [6.07, 6.45) is 2.14. The van der Waals surface area contributed by atoms with Crippen molar-refractivity contribution in [1.82, 2.24) is 19.9 Å². The first-order valence-corrected chi connectivity index (χ1v) is 6.22. The SMILES string of the molecule is COC(C)C(C)NC(C)c1nnc2ccccn12. The van der Waals surface area contributed by atoms with E-state index in [0.29, 0.717) is 0 Å². The summed E-state index contributed by atoms with van der Waals surface area (Å²) in [5.41, 5.74) is 0.869. The molecule has 0 amide bonds. The summed E-state index contributed by atoms with van der Waals surface area (Å²) >= 11 is 0. The molecule has 0 saturated heterocycles. The quantitative estimate of drug-likeness (QED) is 0.876. The highest BCUT2D eigenvalue weighted by atomic mass is 16.5. The predicted molar refractivity (Wildman–Crippen MR) is 70.5 cm³/mol. The van der Waals surface area contributed by atoms with Crippen molar-refractivity contribution in [2.45, 2.75) is 39.0 Å². The second-order valence-electron chi connectivity index (χ2n) is 4.60. The maximum Gasteiger partial charge on any atom is 0.160 e. The first-order chi connectivity index (χ1) is 8.63. The maximum absolute atomic E-state index is 5.31. The van der Waals surface area contributed by atoms with Crippen LogP contribution in [0.4, 0.5) is 0 Å². The van der Waals surface area contributed by atoms with Gasteiger partial charge in [0, 0.05) is 19.3 Å². The zero-order valence-electron chi connectivity index (χ0n) is 11.3. The molecule has 0 bridgehead atoms. The van der Waals surface area contributed by atoms with Gasteiger partial charge in [0.2, 0.25) is 0 Å². The predicted octanol–water partition coefficient (Wildman–Crippen LogP) is 1.80.